The van der Waals surface area contributed by atoms with Gasteiger partial charge in [0.15, 0.2) is 0 Å². The van der Waals surface area contributed by atoms with Crippen LogP contribution in [0.4, 0.5) is 25.0 Å². The number of pyridine rings is 2. The van der Waals surface area contributed by atoms with Crippen LogP contribution < -0.4 is 19.3 Å². The Labute approximate surface area is 200 Å². The average Bonchev–Trinajstić information content (AvgIpc) is 3.17. The fraction of sp³-hybridized carbons (Fsp3) is 0.375. The lowest BCUT2D eigenvalue weighted by Crippen LogP contribution is -2.59. The zero-order valence-corrected chi connectivity index (χ0v) is 19.3. The molecule has 1 unspecified atom stereocenters. The van der Waals surface area contributed by atoms with Crippen LogP contribution in [0.5, 0.6) is 11.6 Å². The molecule has 2 aliphatic rings. The van der Waals surface area contributed by atoms with E-state index in [0.29, 0.717) is 30.7 Å². The highest BCUT2D eigenvalue weighted by Crippen LogP contribution is 2.31. The smallest absolute Gasteiger partial charge is 0.414 e. The first kappa shape index (κ1) is 23.0. The molecule has 0 spiro atoms. The second-order valence-corrected chi connectivity index (χ2v) is 8.54. The van der Waals surface area contributed by atoms with E-state index in [2.05, 4.69) is 24.5 Å². The number of hydrogen-bond acceptors (Lipinski definition) is 8. The van der Waals surface area contributed by atoms with Gasteiger partial charge in [0.2, 0.25) is 5.88 Å². The van der Waals surface area contributed by atoms with Crippen molar-refractivity contribution < 1.29 is 27.8 Å². The lowest BCUT2D eigenvalue weighted by Gasteiger charge is -2.45. The molecule has 2 saturated heterocycles. The van der Waals surface area contributed by atoms with Crippen LogP contribution >= 0.6 is 0 Å². The Morgan fingerprint density at radius 1 is 1.14 bits per heavy atom. The summed E-state index contributed by atoms with van der Waals surface area (Å²) in [6, 6.07) is 11.9. The number of likely N-dealkylation sites (N-methyl/N-ethyl adjacent to an activating group) is 1. The number of rotatable bonds is 8. The summed E-state index contributed by atoms with van der Waals surface area (Å²) in [6.07, 6.45) is 1.03. The SMILES string of the molecule is COc1ccc2nccc(N3CC(N(C)CC4CN(c5ccc(OC(F)F)cc5)C(=O)O4)C3)c2n1. The largest absolute Gasteiger partial charge is 0.481 e. The van der Waals surface area contributed by atoms with Crippen LogP contribution in [0.15, 0.2) is 48.7 Å². The molecular weight excluding hydrogens is 460 g/mol. The van der Waals surface area contributed by atoms with Crippen molar-refractivity contribution in [1.29, 1.82) is 0 Å². The summed E-state index contributed by atoms with van der Waals surface area (Å²) in [5, 5.41) is 0. The van der Waals surface area contributed by atoms with Gasteiger partial charge in [0.1, 0.15) is 17.4 Å². The molecule has 3 aromatic rings. The van der Waals surface area contributed by atoms with Crippen molar-refractivity contribution in [2.24, 2.45) is 0 Å². The first-order valence-corrected chi connectivity index (χ1v) is 11.2. The van der Waals surface area contributed by atoms with E-state index in [1.807, 2.05) is 19.2 Å². The van der Waals surface area contributed by atoms with E-state index in [0.717, 1.165) is 29.8 Å². The fourth-order valence-electron chi connectivity index (χ4n) is 4.40. The number of benzene rings is 1. The number of anilines is 2. The molecule has 1 atom stereocenters. The van der Waals surface area contributed by atoms with Crippen molar-refractivity contribution in [2.75, 3.05) is 50.1 Å². The monoisotopic (exact) mass is 485 g/mol. The van der Waals surface area contributed by atoms with Gasteiger partial charge in [-0.05, 0) is 43.4 Å². The van der Waals surface area contributed by atoms with E-state index in [1.54, 1.807) is 31.5 Å². The molecule has 2 aliphatic heterocycles. The Morgan fingerprint density at radius 3 is 2.63 bits per heavy atom. The topological polar surface area (TPSA) is 80.3 Å². The van der Waals surface area contributed by atoms with Crippen LogP contribution in [0.2, 0.25) is 0 Å². The van der Waals surface area contributed by atoms with E-state index < -0.39 is 12.7 Å². The van der Waals surface area contributed by atoms with Crippen molar-refractivity contribution in [3.05, 3.63) is 48.7 Å². The molecule has 184 valence electrons. The summed E-state index contributed by atoms with van der Waals surface area (Å²) in [7, 11) is 3.60. The Morgan fingerprint density at radius 2 is 1.91 bits per heavy atom. The minimum atomic E-state index is -2.89. The second-order valence-electron chi connectivity index (χ2n) is 8.54. The van der Waals surface area contributed by atoms with Gasteiger partial charge in [0.25, 0.3) is 0 Å². The Kier molecular flexibility index (Phi) is 6.25. The highest BCUT2D eigenvalue weighted by molar-refractivity contribution is 5.90. The standard InChI is InChI=1S/C24H25F2N5O4/c1-29(13-18-14-31(24(32)35-18)15-3-5-17(6-4-15)34-23(25)26)16-11-30(12-16)20-9-10-27-19-7-8-21(33-2)28-22(19)20/h3-10,16,18,23H,11-14H2,1-2H3. The number of alkyl halides is 2. The molecule has 1 amide bonds. The summed E-state index contributed by atoms with van der Waals surface area (Å²) in [5.41, 5.74) is 3.20. The van der Waals surface area contributed by atoms with Crippen molar-refractivity contribution in [2.45, 2.75) is 18.8 Å². The van der Waals surface area contributed by atoms with Gasteiger partial charge >= 0.3 is 12.7 Å². The number of methoxy groups -OCH3 is 1. The van der Waals surface area contributed by atoms with Gasteiger partial charge in [-0.1, -0.05) is 0 Å². The van der Waals surface area contributed by atoms with Crippen molar-refractivity contribution in [3.8, 4) is 11.6 Å². The molecule has 35 heavy (non-hydrogen) atoms. The van der Waals surface area contributed by atoms with E-state index in [9.17, 15) is 13.6 Å². The normalized spacial score (nSPS) is 18.3. The number of amides is 1. The Hall–Kier alpha value is -3.73. The number of fused-ring (bicyclic) bond motifs is 1. The maximum Gasteiger partial charge on any atom is 0.414 e. The minimum absolute atomic E-state index is 0.0396. The van der Waals surface area contributed by atoms with Gasteiger partial charge in [-0.25, -0.2) is 9.78 Å². The predicted octanol–water partition coefficient (Wildman–Crippen LogP) is 3.39. The molecule has 0 N–H and O–H groups in total. The van der Waals surface area contributed by atoms with Crippen LogP contribution in [0, 0.1) is 0 Å². The minimum Gasteiger partial charge on any atom is -0.481 e. The van der Waals surface area contributed by atoms with Crippen molar-refractivity contribution in [1.82, 2.24) is 14.9 Å². The summed E-state index contributed by atoms with van der Waals surface area (Å²) >= 11 is 0. The van der Waals surface area contributed by atoms with Crippen molar-refractivity contribution >= 4 is 28.5 Å². The Bertz CT molecular complexity index is 1210. The first-order chi connectivity index (χ1) is 16.9. The summed E-state index contributed by atoms with van der Waals surface area (Å²) < 4.78 is 39.9. The maximum absolute atomic E-state index is 12.4. The van der Waals surface area contributed by atoms with Gasteiger partial charge < -0.3 is 19.1 Å². The van der Waals surface area contributed by atoms with Crippen LogP contribution in [0.25, 0.3) is 11.0 Å². The number of aromatic nitrogens is 2. The summed E-state index contributed by atoms with van der Waals surface area (Å²) in [6.45, 7) is -0.310. The second kappa shape index (κ2) is 9.49. The third kappa shape index (κ3) is 4.76. The van der Waals surface area contributed by atoms with E-state index in [-0.39, 0.29) is 11.9 Å². The molecule has 9 nitrogen and oxygen atoms in total. The summed E-state index contributed by atoms with van der Waals surface area (Å²) in [5.74, 6) is 0.586. The zero-order chi connectivity index (χ0) is 24.5. The number of carbonyl (C=O) groups excluding carboxylic acids is 1. The molecule has 11 heteroatoms. The lowest BCUT2D eigenvalue weighted by molar-refractivity contribution is -0.0498. The molecule has 2 fully saturated rings. The third-order valence-electron chi connectivity index (χ3n) is 6.31. The number of halogens is 2. The van der Waals surface area contributed by atoms with Crippen LogP contribution in [-0.2, 0) is 4.74 Å². The highest BCUT2D eigenvalue weighted by Gasteiger charge is 2.37. The highest BCUT2D eigenvalue weighted by atomic mass is 19.3. The van der Waals surface area contributed by atoms with Crippen LogP contribution in [0.1, 0.15) is 0 Å². The van der Waals surface area contributed by atoms with Gasteiger partial charge in [0.05, 0.1) is 24.9 Å². The Balaban J connectivity index is 1.17. The molecule has 2 aromatic heterocycles. The van der Waals surface area contributed by atoms with E-state index in [4.69, 9.17) is 9.47 Å². The van der Waals surface area contributed by atoms with Crippen molar-refractivity contribution in [3.63, 3.8) is 0 Å². The quantitative estimate of drug-likeness (QED) is 0.481. The molecule has 4 heterocycles. The number of nitrogens with zero attached hydrogens (tertiary/aromatic N) is 5. The predicted molar refractivity (Wildman–Crippen MR) is 125 cm³/mol. The molecule has 5 rings (SSSR count). The molecule has 0 saturated carbocycles. The fourth-order valence-corrected chi connectivity index (χ4v) is 4.40. The number of cyclic esters (lactones) is 1. The molecule has 1 aromatic carbocycles. The maximum atomic E-state index is 12.4. The van der Waals surface area contributed by atoms with E-state index in [1.165, 1.54) is 17.0 Å². The molecular formula is C24H25F2N5O4. The third-order valence-corrected chi connectivity index (χ3v) is 6.31. The zero-order valence-electron chi connectivity index (χ0n) is 19.3. The average molecular weight is 485 g/mol. The van der Waals surface area contributed by atoms with Gasteiger partial charge in [-0.15, -0.1) is 0 Å². The van der Waals surface area contributed by atoms with Crippen LogP contribution in [-0.4, -0.2) is 80.1 Å². The number of ether oxygens (including phenoxy) is 3. The first-order valence-electron chi connectivity index (χ1n) is 11.2. The van der Waals surface area contributed by atoms with Gasteiger partial charge in [-0.2, -0.15) is 8.78 Å². The summed E-state index contributed by atoms with van der Waals surface area (Å²) in [4.78, 5) is 27.3. The van der Waals surface area contributed by atoms with Crippen LogP contribution in [0.3, 0.4) is 0 Å². The number of hydrogen-bond donors (Lipinski definition) is 0. The lowest BCUT2D eigenvalue weighted by atomic mass is 10.1. The van der Waals surface area contributed by atoms with Gasteiger partial charge in [0, 0.05) is 43.6 Å². The molecule has 0 radical (unpaired) electrons. The molecule has 0 bridgehead atoms. The van der Waals surface area contributed by atoms with E-state index >= 15 is 0 Å². The number of carbonyl (C=O) groups is 1. The molecule has 0 aliphatic carbocycles. The van der Waals surface area contributed by atoms with Gasteiger partial charge in [-0.3, -0.25) is 14.8 Å².